The van der Waals surface area contributed by atoms with Crippen molar-refractivity contribution in [3.05, 3.63) is 0 Å². The highest BCUT2D eigenvalue weighted by Gasteiger charge is 2.30. The van der Waals surface area contributed by atoms with Crippen LogP contribution in [0, 0.1) is 16.4 Å². The molecule has 16 heavy (non-hydrogen) atoms. The number of carbonyl (C=O) groups excluding carboxylic acids is 1. The van der Waals surface area contributed by atoms with Crippen molar-refractivity contribution in [2.45, 2.75) is 47.0 Å². The molecule has 0 fully saturated rings. The van der Waals surface area contributed by atoms with Gasteiger partial charge in [0, 0.05) is 5.41 Å². The van der Waals surface area contributed by atoms with Crippen LogP contribution >= 0.6 is 0 Å². The molecular weight excluding hydrogens is 208 g/mol. The summed E-state index contributed by atoms with van der Waals surface area (Å²) in [5.41, 5.74) is 5.24. The maximum absolute atomic E-state index is 11.3. The van der Waals surface area contributed by atoms with Gasteiger partial charge in [-0.05, 0) is 26.7 Å². The van der Waals surface area contributed by atoms with Gasteiger partial charge in [-0.1, -0.05) is 20.3 Å². The van der Waals surface area contributed by atoms with Gasteiger partial charge in [-0.2, -0.15) is 0 Å². The lowest BCUT2D eigenvalue weighted by atomic mass is 9.81. The molecule has 0 radical (unpaired) electrons. The highest BCUT2D eigenvalue weighted by Crippen LogP contribution is 2.30. The first-order valence-electron chi connectivity index (χ1n) is 5.29. The molecule has 0 aromatic heterocycles. The Labute approximate surface area is 95.7 Å². The number of carboxylic acid groups (broad SMARTS) is 1. The van der Waals surface area contributed by atoms with Crippen molar-refractivity contribution in [2.75, 3.05) is 0 Å². The van der Waals surface area contributed by atoms with E-state index in [1.807, 2.05) is 0 Å². The summed E-state index contributed by atoms with van der Waals surface area (Å²) in [6.07, 6.45) is 1.69. The average Bonchev–Trinajstić information content (AvgIpc) is 2.15. The molecule has 0 saturated carbocycles. The number of rotatable bonds is 6. The predicted octanol–water partition coefficient (Wildman–Crippen LogP) is 2.85. The fourth-order valence-corrected chi connectivity index (χ4v) is 1.34. The van der Waals surface area contributed by atoms with Gasteiger partial charge in [0.25, 0.3) is 5.91 Å². The zero-order valence-corrected chi connectivity index (χ0v) is 10.3. The number of carbonyl (C=O) groups is 2. The minimum absolute atomic E-state index is 0.458. The van der Waals surface area contributed by atoms with Crippen LogP contribution in [0.1, 0.15) is 47.0 Å². The molecule has 0 aromatic carbocycles. The third-order valence-electron chi connectivity index (χ3n) is 2.86. The molecule has 0 bridgehead atoms. The van der Waals surface area contributed by atoms with Crippen molar-refractivity contribution in [1.82, 2.24) is 0 Å². The molecule has 0 atom stereocenters. The quantitative estimate of drug-likeness (QED) is 0.685. The number of aliphatic carboxylic acids is 1. The Bertz CT molecular complexity index is 296. The van der Waals surface area contributed by atoms with E-state index in [1.165, 1.54) is 0 Å². The van der Waals surface area contributed by atoms with E-state index >= 15 is 0 Å². The van der Waals surface area contributed by atoms with E-state index in [0.29, 0.717) is 19.3 Å². The summed E-state index contributed by atoms with van der Waals surface area (Å²) >= 11 is 0. The Balaban J connectivity index is 4.23. The molecule has 2 N–H and O–H groups in total. The molecule has 92 valence electrons. The Kier molecular flexibility index (Phi) is 4.78. The Morgan fingerprint density at radius 3 is 1.94 bits per heavy atom. The second-order valence-corrected chi connectivity index (χ2v) is 5.34. The molecule has 5 heteroatoms. The highest BCUT2D eigenvalue weighted by molar-refractivity contribution is 5.81. The smallest absolute Gasteiger partial charge is 0.309 e. The van der Waals surface area contributed by atoms with Crippen LogP contribution in [-0.2, 0) is 9.59 Å². The van der Waals surface area contributed by atoms with Crippen molar-refractivity contribution in [1.29, 1.82) is 5.53 Å². The number of nitrogens with zero attached hydrogens (tertiary/aromatic N) is 1. The van der Waals surface area contributed by atoms with E-state index in [0.717, 1.165) is 0 Å². The van der Waals surface area contributed by atoms with Crippen molar-refractivity contribution in [3.8, 4) is 0 Å². The number of hydrogen-bond acceptors (Lipinski definition) is 3. The van der Waals surface area contributed by atoms with Crippen molar-refractivity contribution in [2.24, 2.45) is 15.9 Å². The number of carboxylic acids is 1. The molecule has 0 unspecified atom stereocenters. The number of nitrogens with one attached hydrogen (secondary N) is 1. The van der Waals surface area contributed by atoms with Crippen LogP contribution in [0.15, 0.2) is 5.11 Å². The van der Waals surface area contributed by atoms with Gasteiger partial charge >= 0.3 is 5.97 Å². The van der Waals surface area contributed by atoms with Crippen LogP contribution in [0.5, 0.6) is 0 Å². The van der Waals surface area contributed by atoms with Crippen LogP contribution in [-0.4, -0.2) is 17.0 Å². The van der Waals surface area contributed by atoms with E-state index in [1.54, 1.807) is 27.7 Å². The van der Waals surface area contributed by atoms with Crippen molar-refractivity contribution < 1.29 is 14.7 Å². The van der Waals surface area contributed by atoms with Crippen LogP contribution in [0.2, 0.25) is 0 Å². The fourth-order valence-electron chi connectivity index (χ4n) is 1.34. The first-order chi connectivity index (χ1) is 7.13. The van der Waals surface area contributed by atoms with Gasteiger partial charge < -0.3 is 5.11 Å². The topological polar surface area (TPSA) is 90.6 Å². The summed E-state index contributed by atoms with van der Waals surface area (Å²) in [6, 6.07) is 0. The van der Waals surface area contributed by atoms with Crippen molar-refractivity contribution in [3.63, 3.8) is 0 Å². The lowest BCUT2D eigenvalue weighted by Gasteiger charge is -2.23. The second kappa shape index (κ2) is 5.18. The lowest BCUT2D eigenvalue weighted by molar-refractivity contribution is -0.147. The minimum atomic E-state index is -0.832. The molecule has 0 heterocycles. The van der Waals surface area contributed by atoms with E-state index < -0.39 is 22.7 Å². The third kappa shape index (κ3) is 4.08. The van der Waals surface area contributed by atoms with Gasteiger partial charge in [0.1, 0.15) is 0 Å². The number of amides is 1. The summed E-state index contributed by atoms with van der Waals surface area (Å²) in [6.45, 7) is 6.78. The zero-order valence-electron chi connectivity index (χ0n) is 10.3. The standard InChI is InChI=1S/C11H20N2O3/c1-10(2,8(14)13-12)6-5-7-11(3,4)9(15)16/h12H,5-7H2,1-4H3,(H,15,16). The Morgan fingerprint density at radius 1 is 1.12 bits per heavy atom. The minimum Gasteiger partial charge on any atom is -0.481 e. The maximum atomic E-state index is 11.3. The van der Waals surface area contributed by atoms with Gasteiger partial charge in [-0.3, -0.25) is 9.59 Å². The van der Waals surface area contributed by atoms with E-state index in [-0.39, 0.29) is 0 Å². The van der Waals surface area contributed by atoms with E-state index in [2.05, 4.69) is 5.11 Å². The molecule has 0 spiro atoms. The lowest BCUT2D eigenvalue weighted by Crippen LogP contribution is -2.26. The summed E-state index contributed by atoms with van der Waals surface area (Å²) in [7, 11) is 0. The van der Waals surface area contributed by atoms with Crippen LogP contribution < -0.4 is 0 Å². The normalized spacial score (nSPS) is 12.2. The summed E-state index contributed by atoms with van der Waals surface area (Å²) < 4.78 is 0. The largest absolute Gasteiger partial charge is 0.481 e. The van der Waals surface area contributed by atoms with Gasteiger partial charge in [0.05, 0.1) is 5.41 Å². The maximum Gasteiger partial charge on any atom is 0.309 e. The SMILES string of the molecule is CC(C)(CCCC(C)(C)C(=O)N=N)C(=O)O. The molecular formula is C11H20N2O3. The first kappa shape index (κ1) is 14.7. The van der Waals surface area contributed by atoms with Crippen LogP contribution in [0.4, 0.5) is 0 Å². The van der Waals surface area contributed by atoms with Gasteiger partial charge in [0.15, 0.2) is 0 Å². The molecule has 0 rings (SSSR count). The molecule has 0 saturated heterocycles. The van der Waals surface area contributed by atoms with E-state index in [4.69, 9.17) is 10.6 Å². The molecule has 1 amide bonds. The highest BCUT2D eigenvalue weighted by atomic mass is 16.4. The molecule has 5 nitrogen and oxygen atoms in total. The Hall–Kier alpha value is -1.26. The second-order valence-electron chi connectivity index (χ2n) is 5.34. The molecule has 0 aliphatic rings. The summed E-state index contributed by atoms with van der Waals surface area (Å²) in [5.74, 6) is -1.29. The fraction of sp³-hybridized carbons (Fsp3) is 0.818. The summed E-state index contributed by atoms with van der Waals surface area (Å²) in [4.78, 5) is 22.1. The molecule has 0 aliphatic heterocycles. The van der Waals surface area contributed by atoms with Gasteiger partial charge in [-0.15, -0.1) is 5.11 Å². The van der Waals surface area contributed by atoms with Gasteiger partial charge in [-0.25, -0.2) is 5.53 Å². The predicted molar refractivity (Wildman–Crippen MR) is 59.2 cm³/mol. The average molecular weight is 228 g/mol. The first-order valence-corrected chi connectivity index (χ1v) is 5.29. The van der Waals surface area contributed by atoms with Crippen LogP contribution in [0.25, 0.3) is 0 Å². The van der Waals surface area contributed by atoms with Crippen molar-refractivity contribution >= 4 is 11.9 Å². The number of hydrogen-bond donors (Lipinski definition) is 2. The molecule has 0 aromatic rings. The third-order valence-corrected chi connectivity index (χ3v) is 2.86. The van der Waals surface area contributed by atoms with Crippen LogP contribution in [0.3, 0.4) is 0 Å². The monoisotopic (exact) mass is 228 g/mol. The Morgan fingerprint density at radius 2 is 1.56 bits per heavy atom. The zero-order chi connectivity index (χ0) is 13.0. The molecule has 0 aliphatic carbocycles. The van der Waals surface area contributed by atoms with E-state index in [9.17, 15) is 9.59 Å². The summed E-state index contributed by atoms with van der Waals surface area (Å²) in [5, 5.41) is 11.8. The van der Waals surface area contributed by atoms with Gasteiger partial charge in [0.2, 0.25) is 0 Å².